The van der Waals surface area contributed by atoms with Crippen LogP contribution in [0.2, 0.25) is 0 Å². The normalized spacial score (nSPS) is 19.7. The second-order valence-corrected chi connectivity index (χ2v) is 9.18. The van der Waals surface area contributed by atoms with Crippen LogP contribution in [0.1, 0.15) is 26.0 Å². The fraction of sp³-hybridized carbons (Fsp3) is 0.296. The molecular weight excluding hydrogens is 380 g/mol. The summed E-state index contributed by atoms with van der Waals surface area (Å²) in [6.07, 6.45) is 3.32. The summed E-state index contributed by atoms with van der Waals surface area (Å²) in [7, 11) is 0. The second kappa shape index (κ2) is 8.20. The molecular formula is C27H30N4. The zero-order chi connectivity index (χ0) is 21.4. The number of piperidine rings is 1. The maximum absolute atomic E-state index is 6.14. The van der Waals surface area contributed by atoms with Gasteiger partial charge in [0.1, 0.15) is 5.65 Å². The van der Waals surface area contributed by atoms with Gasteiger partial charge in [0.25, 0.3) is 0 Å². The van der Waals surface area contributed by atoms with Crippen molar-refractivity contribution in [2.45, 2.75) is 26.8 Å². The zero-order valence-electron chi connectivity index (χ0n) is 18.3. The van der Waals surface area contributed by atoms with E-state index in [1.807, 2.05) is 18.3 Å². The summed E-state index contributed by atoms with van der Waals surface area (Å²) in [6.45, 7) is 7.87. The summed E-state index contributed by atoms with van der Waals surface area (Å²) in [5.41, 5.74) is 13.7. The van der Waals surface area contributed by atoms with Crippen LogP contribution in [-0.2, 0) is 6.54 Å². The third-order valence-electron chi connectivity index (χ3n) is 6.32. The molecule has 1 fully saturated rings. The third-order valence-corrected chi connectivity index (χ3v) is 6.32. The molecule has 0 radical (unpaired) electrons. The molecule has 2 aromatic carbocycles. The molecule has 31 heavy (non-hydrogen) atoms. The lowest BCUT2D eigenvalue weighted by Crippen LogP contribution is -2.38. The van der Waals surface area contributed by atoms with Gasteiger partial charge < -0.3 is 10.1 Å². The summed E-state index contributed by atoms with van der Waals surface area (Å²) < 4.78 is 2.18. The predicted molar refractivity (Wildman–Crippen MR) is 129 cm³/mol. The number of nitrogen functional groups attached to an aromatic ring is 1. The molecule has 2 aromatic heterocycles. The van der Waals surface area contributed by atoms with E-state index in [2.05, 4.69) is 77.7 Å². The highest BCUT2D eigenvalue weighted by Gasteiger charge is 2.24. The lowest BCUT2D eigenvalue weighted by atomic mass is 9.91. The molecule has 2 N–H and O–H groups in total. The van der Waals surface area contributed by atoms with Crippen molar-refractivity contribution in [1.29, 1.82) is 0 Å². The fourth-order valence-corrected chi connectivity index (χ4v) is 5.08. The smallest absolute Gasteiger partial charge is 0.137 e. The lowest BCUT2D eigenvalue weighted by molar-refractivity contribution is 0.133. The Bertz CT molecular complexity index is 1170. The Morgan fingerprint density at radius 2 is 1.48 bits per heavy atom. The maximum atomic E-state index is 6.14. The maximum Gasteiger partial charge on any atom is 0.137 e. The van der Waals surface area contributed by atoms with E-state index in [1.165, 1.54) is 23.2 Å². The SMILES string of the molecule is CC1CC(C)CN(Cc2c(-c3ccc(-c4ccccc4)cc3)nc3ccc(N)cn23)C1. The number of hydrogen-bond donors (Lipinski definition) is 1. The van der Waals surface area contributed by atoms with Crippen molar-refractivity contribution in [3.05, 3.63) is 78.6 Å². The number of aromatic nitrogens is 2. The van der Waals surface area contributed by atoms with Crippen molar-refractivity contribution in [2.24, 2.45) is 11.8 Å². The van der Waals surface area contributed by atoms with Crippen LogP contribution < -0.4 is 5.73 Å². The Balaban J connectivity index is 1.54. The number of fused-ring (bicyclic) bond motifs is 1. The highest BCUT2D eigenvalue weighted by atomic mass is 15.2. The molecule has 5 rings (SSSR count). The van der Waals surface area contributed by atoms with Crippen molar-refractivity contribution >= 4 is 11.3 Å². The Hall–Kier alpha value is -3.11. The van der Waals surface area contributed by atoms with Crippen LogP contribution >= 0.6 is 0 Å². The number of benzene rings is 2. The first-order valence-corrected chi connectivity index (χ1v) is 11.2. The molecule has 1 aliphatic heterocycles. The van der Waals surface area contributed by atoms with Crippen LogP contribution in [0, 0.1) is 11.8 Å². The topological polar surface area (TPSA) is 46.6 Å². The van der Waals surface area contributed by atoms with Crippen LogP contribution in [0.4, 0.5) is 5.69 Å². The van der Waals surface area contributed by atoms with Gasteiger partial charge in [-0.2, -0.15) is 0 Å². The minimum Gasteiger partial charge on any atom is -0.398 e. The van der Waals surface area contributed by atoms with E-state index in [0.717, 1.165) is 54.1 Å². The van der Waals surface area contributed by atoms with Gasteiger partial charge in [0.05, 0.1) is 11.4 Å². The first-order chi connectivity index (χ1) is 15.1. The molecule has 0 bridgehead atoms. The van der Waals surface area contributed by atoms with Gasteiger partial charge in [-0.05, 0) is 41.5 Å². The second-order valence-electron chi connectivity index (χ2n) is 9.18. The molecule has 158 valence electrons. The Morgan fingerprint density at radius 1 is 0.839 bits per heavy atom. The van der Waals surface area contributed by atoms with Crippen molar-refractivity contribution < 1.29 is 0 Å². The number of nitrogens with two attached hydrogens (primary N) is 1. The minimum absolute atomic E-state index is 0.724. The van der Waals surface area contributed by atoms with Gasteiger partial charge in [-0.1, -0.05) is 68.4 Å². The van der Waals surface area contributed by atoms with Gasteiger partial charge in [-0.15, -0.1) is 0 Å². The Kier molecular flexibility index (Phi) is 5.24. The largest absolute Gasteiger partial charge is 0.398 e. The molecule has 0 aliphatic carbocycles. The molecule has 4 heteroatoms. The number of hydrogen-bond acceptors (Lipinski definition) is 3. The summed E-state index contributed by atoms with van der Waals surface area (Å²) >= 11 is 0. The number of anilines is 1. The number of nitrogens with zero attached hydrogens (tertiary/aromatic N) is 3. The van der Waals surface area contributed by atoms with E-state index in [-0.39, 0.29) is 0 Å². The van der Waals surface area contributed by atoms with Gasteiger partial charge in [-0.25, -0.2) is 4.98 Å². The number of pyridine rings is 1. The van der Waals surface area contributed by atoms with E-state index in [1.54, 1.807) is 0 Å². The summed E-state index contributed by atoms with van der Waals surface area (Å²) in [5, 5.41) is 0. The number of imidazole rings is 1. The van der Waals surface area contributed by atoms with Gasteiger partial charge in [0.15, 0.2) is 0 Å². The molecule has 2 atom stereocenters. The molecule has 0 amide bonds. The number of rotatable bonds is 4. The van der Waals surface area contributed by atoms with Crippen molar-refractivity contribution in [3.63, 3.8) is 0 Å². The fourth-order valence-electron chi connectivity index (χ4n) is 5.08. The number of likely N-dealkylation sites (tertiary alicyclic amines) is 1. The molecule has 3 heterocycles. The van der Waals surface area contributed by atoms with Gasteiger partial charge in [-0.3, -0.25) is 4.90 Å². The average Bonchev–Trinajstić information content (AvgIpc) is 3.11. The van der Waals surface area contributed by atoms with Gasteiger partial charge in [0, 0.05) is 37.1 Å². The van der Waals surface area contributed by atoms with E-state index < -0.39 is 0 Å². The van der Waals surface area contributed by atoms with E-state index in [4.69, 9.17) is 10.7 Å². The highest BCUT2D eigenvalue weighted by molar-refractivity contribution is 5.72. The molecule has 1 saturated heterocycles. The van der Waals surface area contributed by atoms with E-state index in [0.29, 0.717) is 0 Å². The third kappa shape index (κ3) is 4.08. The minimum atomic E-state index is 0.724. The summed E-state index contributed by atoms with van der Waals surface area (Å²) in [6, 6.07) is 23.2. The molecule has 2 unspecified atom stereocenters. The average molecular weight is 411 g/mol. The van der Waals surface area contributed by atoms with Crippen LogP contribution in [0.5, 0.6) is 0 Å². The first kappa shape index (κ1) is 19.8. The monoisotopic (exact) mass is 410 g/mol. The molecule has 4 aromatic rings. The van der Waals surface area contributed by atoms with Crippen molar-refractivity contribution in [3.8, 4) is 22.4 Å². The van der Waals surface area contributed by atoms with Crippen molar-refractivity contribution in [2.75, 3.05) is 18.8 Å². The van der Waals surface area contributed by atoms with Crippen molar-refractivity contribution in [1.82, 2.24) is 14.3 Å². The predicted octanol–water partition coefficient (Wildman–Crippen LogP) is 5.73. The van der Waals surface area contributed by atoms with E-state index in [9.17, 15) is 0 Å². The Labute approximate surface area is 184 Å². The zero-order valence-corrected chi connectivity index (χ0v) is 18.3. The Morgan fingerprint density at radius 3 is 2.19 bits per heavy atom. The van der Waals surface area contributed by atoms with Crippen LogP contribution in [-0.4, -0.2) is 27.4 Å². The summed E-state index contributed by atoms with van der Waals surface area (Å²) in [4.78, 5) is 7.59. The highest BCUT2D eigenvalue weighted by Crippen LogP contribution is 2.30. The molecule has 4 nitrogen and oxygen atoms in total. The standard InChI is InChI=1S/C27H30N4/c1-19-14-20(2)16-30(15-19)18-25-27(29-26-13-12-24(28)17-31(25)26)23-10-8-22(9-11-23)21-6-4-3-5-7-21/h3-13,17,19-20H,14-16,18,28H2,1-2H3. The van der Waals surface area contributed by atoms with Gasteiger partial charge >= 0.3 is 0 Å². The van der Waals surface area contributed by atoms with E-state index >= 15 is 0 Å². The summed E-state index contributed by atoms with van der Waals surface area (Å²) in [5.74, 6) is 1.45. The lowest BCUT2D eigenvalue weighted by Gasteiger charge is -2.35. The van der Waals surface area contributed by atoms with Crippen LogP contribution in [0.25, 0.3) is 28.0 Å². The molecule has 1 aliphatic rings. The molecule has 0 spiro atoms. The van der Waals surface area contributed by atoms with Gasteiger partial charge in [0.2, 0.25) is 0 Å². The van der Waals surface area contributed by atoms with Crippen LogP contribution in [0.15, 0.2) is 72.9 Å². The van der Waals surface area contributed by atoms with Crippen LogP contribution in [0.3, 0.4) is 0 Å². The molecule has 0 saturated carbocycles. The quantitative estimate of drug-likeness (QED) is 0.467. The first-order valence-electron chi connectivity index (χ1n) is 11.2.